The molecule has 66 valence electrons. The Kier molecular flexibility index (Phi) is 1.86. The van der Waals surface area contributed by atoms with Crippen LogP contribution in [0.3, 0.4) is 0 Å². The summed E-state index contributed by atoms with van der Waals surface area (Å²) in [4.78, 5) is 14.9. The summed E-state index contributed by atoms with van der Waals surface area (Å²) in [6.07, 6.45) is 1.62. The van der Waals surface area contributed by atoms with Crippen molar-refractivity contribution in [2.24, 2.45) is 0 Å². The zero-order chi connectivity index (χ0) is 9.26. The number of aromatic nitrogens is 2. The van der Waals surface area contributed by atoms with E-state index in [9.17, 15) is 4.79 Å². The van der Waals surface area contributed by atoms with E-state index in [-0.39, 0.29) is 11.5 Å². The van der Waals surface area contributed by atoms with Crippen molar-refractivity contribution in [2.75, 3.05) is 5.73 Å². The van der Waals surface area contributed by atoms with Crippen LogP contribution in [0.4, 0.5) is 5.82 Å². The fourth-order valence-electron chi connectivity index (χ4n) is 0.991. The number of anilines is 1. The zero-order valence-corrected chi connectivity index (χ0v) is 7.49. The molecule has 0 atom stereocenters. The smallest absolute Gasteiger partial charge is 0.354 e. The minimum Gasteiger partial charge on any atom is -0.383 e. The number of hydrogen-bond acceptors (Lipinski definition) is 4. The third-order valence-corrected chi connectivity index (χ3v) is 2.44. The van der Waals surface area contributed by atoms with Crippen LogP contribution in [-0.2, 0) is 0 Å². The highest BCUT2D eigenvalue weighted by atomic mass is 32.1. The molecule has 4 nitrogen and oxygen atoms in total. The lowest BCUT2D eigenvalue weighted by molar-refractivity contribution is 0.935. The van der Waals surface area contributed by atoms with Gasteiger partial charge in [0.25, 0.3) is 0 Å². The van der Waals surface area contributed by atoms with E-state index in [2.05, 4.69) is 4.98 Å². The third-order valence-electron chi connectivity index (χ3n) is 1.57. The molecule has 2 rings (SSSR count). The van der Waals surface area contributed by atoms with Crippen molar-refractivity contribution in [3.05, 3.63) is 40.3 Å². The van der Waals surface area contributed by atoms with Gasteiger partial charge in [0.2, 0.25) is 0 Å². The molecular weight excluding hydrogens is 186 g/mol. The van der Waals surface area contributed by atoms with Crippen LogP contribution in [0.5, 0.6) is 0 Å². The van der Waals surface area contributed by atoms with Crippen LogP contribution in [0.2, 0.25) is 0 Å². The first-order valence-corrected chi connectivity index (χ1v) is 4.54. The van der Waals surface area contributed by atoms with Crippen LogP contribution in [-0.4, -0.2) is 9.55 Å². The number of hydrogen-bond donors (Lipinski definition) is 1. The van der Waals surface area contributed by atoms with Gasteiger partial charge >= 0.3 is 5.69 Å². The van der Waals surface area contributed by atoms with Crippen LogP contribution >= 0.6 is 11.3 Å². The van der Waals surface area contributed by atoms with Crippen molar-refractivity contribution in [2.45, 2.75) is 0 Å². The van der Waals surface area contributed by atoms with Gasteiger partial charge in [-0.15, -0.1) is 11.3 Å². The summed E-state index contributed by atoms with van der Waals surface area (Å²) in [6.45, 7) is 0. The van der Waals surface area contributed by atoms with Gasteiger partial charge in [-0.1, -0.05) is 0 Å². The van der Waals surface area contributed by atoms with Crippen molar-refractivity contribution in [3.8, 4) is 5.00 Å². The first kappa shape index (κ1) is 8.00. The summed E-state index contributed by atoms with van der Waals surface area (Å²) in [5.74, 6) is 0.248. The van der Waals surface area contributed by atoms with Crippen LogP contribution in [0, 0.1) is 0 Å². The molecule has 0 fully saturated rings. The van der Waals surface area contributed by atoms with E-state index < -0.39 is 0 Å². The highest BCUT2D eigenvalue weighted by Gasteiger charge is 2.00. The molecule has 0 amide bonds. The maximum absolute atomic E-state index is 11.3. The molecule has 5 heteroatoms. The normalized spacial score (nSPS) is 10.2. The van der Waals surface area contributed by atoms with Crippen molar-refractivity contribution < 1.29 is 0 Å². The molecule has 0 saturated heterocycles. The van der Waals surface area contributed by atoms with Gasteiger partial charge in [0, 0.05) is 6.20 Å². The van der Waals surface area contributed by atoms with E-state index in [0.717, 1.165) is 5.00 Å². The molecule has 2 aromatic rings. The number of rotatable bonds is 1. The summed E-state index contributed by atoms with van der Waals surface area (Å²) in [6, 6.07) is 5.33. The molecule has 0 aromatic carbocycles. The Labute approximate surface area is 78.3 Å². The number of nitrogens with zero attached hydrogens (tertiary/aromatic N) is 2. The van der Waals surface area contributed by atoms with Gasteiger partial charge in [-0.05, 0) is 23.6 Å². The highest BCUT2D eigenvalue weighted by molar-refractivity contribution is 7.12. The van der Waals surface area contributed by atoms with Crippen LogP contribution in [0.1, 0.15) is 0 Å². The molecule has 0 aliphatic carbocycles. The highest BCUT2D eigenvalue weighted by Crippen LogP contribution is 2.11. The second-order valence-electron chi connectivity index (χ2n) is 2.46. The number of thiophene rings is 1. The maximum atomic E-state index is 11.3. The summed E-state index contributed by atoms with van der Waals surface area (Å²) in [7, 11) is 0. The summed E-state index contributed by atoms with van der Waals surface area (Å²) >= 11 is 1.48. The Hall–Kier alpha value is -1.62. The molecule has 0 bridgehead atoms. The Balaban J connectivity index is 2.60. The van der Waals surface area contributed by atoms with Gasteiger partial charge in [0.15, 0.2) is 0 Å². The lowest BCUT2D eigenvalue weighted by Gasteiger charge is -1.99. The molecule has 0 saturated carbocycles. The molecule has 0 aliphatic rings. The molecule has 0 unspecified atom stereocenters. The van der Waals surface area contributed by atoms with E-state index in [0.29, 0.717) is 0 Å². The lowest BCUT2D eigenvalue weighted by atomic mass is 10.5. The second kappa shape index (κ2) is 3.02. The lowest BCUT2D eigenvalue weighted by Crippen LogP contribution is -2.20. The van der Waals surface area contributed by atoms with Gasteiger partial charge in [0.1, 0.15) is 10.8 Å². The topological polar surface area (TPSA) is 60.9 Å². The van der Waals surface area contributed by atoms with Crippen molar-refractivity contribution in [1.29, 1.82) is 0 Å². The van der Waals surface area contributed by atoms with Gasteiger partial charge in [0.05, 0.1) is 0 Å². The van der Waals surface area contributed by atoms with Crippen molar-refractivity contribution in [3.63, 3.8) is 0 Å². The van der Waals surface area contributed by atoms with E-state index in [1.54, 1.807) is 12.3 Å². The fraction of sp³-hybridized carbons (Fsp3) is 0. The van der Waals surface area contributed by atoms with E-state index in [4.69, 9.17) is 5.73 Å². The first-order chi connectivity index (χ1) is 6.27. The minimum atomic E-state index is -0.345. The standard InChI is InChI=1S/C8H7N3OS/c9-6-3-4-11(8(12)10-6)7-2-1-5-13-7/h1-5H,(H2,9,10,12). The minimum absolute atomic E-state index is 0.248. The molecule has 0 aliphatic heterocycles. The molecule has 13 heavy (non-hydrogen) atoms. The largest absolute Gasteiger partial charge is 0.383 e. The monoisotopic (exact) mass is 193 g/mol. The molecule has 0 radical (unpaired) electrons. The molecule has 0 spiro atoms. The quantitative estimate of drug-likeness (QED) is 0.731. The second-order valence-corrected chi connectivity index (χ2v) is 3.38. The van der Waals surface area contributed by atoms with Gasteiger partial charge in [-0.2, -0.15) is 4.98 Å². The van der Waals surface area contributed by atoms with E-state index >= 15 is 0 Å². The van der Waals surface area contributed by atoms with Gasteiger partial charge in [-0.25, -0.2) is 4.79 Å². The SMILES string of the molecule is Nc1ccn(-c2cccs2)c(=O)n1. The van der Waals surface area contributed by atoms with Gasteiger partial charge < -0.3 is 5.73 Å². The summed E-state index contributed by atoms with van der Waals surface area (Å²) in [5, 5.41) is 2.75. The predicted molar refractivity (Wildman–Crippen MR) is 52.1 cm³/mol. The van der Waals surface area contributed by atoms with Crippen molar-refractivity contribution in [1.82, 2.24) is 9.55 Å². The third kappa shape index (κ3) is 1.46. The Morgan fingerprint density at radius 1 is 1.46 bits per heavy atom. The molecule has 2 N–H and O–H groups in total. The Morgan fingerprint density at radius 2 is 2.31 bits per heavy atom. The predicted octanol–water partition coefficient (Wildman–Crippen LogP) is 0.876. The van der Waals surface area contributed by atoms with Gasteiger partial charge in [-0.3, -0.25) is 4.57 Å². The van der Waals surface area contributed by atoms with Crippen LogP contribution < -0.4 is 11.4 Å². The van der Waals surface area contributed by atoms with E-state index in [1.807, 2.05) is 17.5 Å². The molecular formula is C8H7N3OS. The summed E-state index contributed by atoms with van der Waals surface area (Å²) in [5.41, 5.74) is 5.01. The Bertz CT molecular complexity index is 460. The van der Waals surface area contributed by atoms with E-state index in [1.165, 1.54) is 15.9 Å². The zero-order valence-electron chi connectivity index (χ0n) is 6.68. The van der Waals surface area contributed by atoms with Crippen LogP contribution in [0.25, 0.3) is 5.00 Å². The fourth-order valence-corrected chi connectivity index (χ4v) is 1.70. The Morgan fingerprint density at radius 3 is 2.92 bits per heavy atom. The molecule has 2 heterocycles. The molecule has 2 aromatic heterocycles. The average Bonchev–Trinajstić information content (AvgIpc) is 2.56. The average molecular weight is 193 g/mol. The number of nitrogens with two attached hydrogens (primary N) is 1. The van der Waals surface area contributed by atoms with Crippen molar-refractivity contribution >= 4 is 17.2 Å². The number of nitrogen functional groups attached to an aromatic ring is 1. The first-order valence-electron chi connectivity index (χ1n) is 3.66. The maximum Gasteiger partial charge on any atom is 0.354 e. The summed E-state index contributed by atoms with van der Waals surface area (Å²) < 4.78 is 1.46. The van der Waals surface area contributed by atoms with Crippen LogP contribution in [0.15, 0.2) is 34.6 Å².